The molecule has 4 nitrogen and oxygen atoms in total. The number of rotatable bonds is 2. The van der Waals surface area contributed by atoms with E-state index in [9.17, 15) is 8.42 Å². The molecule has 0 aliphatic carbocycles. The molecule has 6 heteroatoms. The average molecular weight is 246 g/mol. The maximum atomic E-state index is 11.0. The molecular formula is C9H8ClNO3S. The van der Waals surface area contributed by atoms with Crippen LogP contribution in [-0.4, -0.2) is 13.6 Å². The summed E-state index contributed by atoms with van der Waals surface area (Å²) >= 11 is 0. The minimum Gasteiger partial charge on any atom is -0.356 e. The van der Waals surface area contributed by atoms with Gasteiger partial charge < -0.3 is 4.52 Å². The lowest BCUT2D eigenvalue weighted by Crippen LogP contribution is -1.95. The molecular weight excluding hydrogens is 238 g/mol. The maximum absolute atomic E-state index is 11.0. The quantitative estimate of drug-likeness (QED) is 0.761. The third-order valence-corrected chi connectivity index (χ3v) is 3.07. The van der Waals surface area contributed by atoms with Gasteiger partial charge >= 0.3 is 0 Å². The summed E-state index contributed by atoms with van der Waals surface area (Å²) in [6, 6.07) is 5.24. The number of aryl methyl sites for hydroxylation is 1. The molecule has 1 aromatic carbocycles. The van der Waals surface area contributed by atoms with E-state index in [0.29, 0.717) is 11.1 Å². The predicted octanol–water partition coefficient (Wildman–Crippen LogP) is 2.20. The second-order valence-electron chi connectivity index (χ2n) is 3.24. The Balaban J connectivity index is 2.62. The zero-order chi connectivity index (χ0) is 11.1. The van der Waals surface area contributed by atoms with E-state index >= 15 is 0 Å². The van der Waals surface area contributed by atoms with Crippen LogP contribution in [0.4, 0.5) is 0 Å². The Morgan fingerprint density at radius 3 is 2.87 bits per heavy atom. The van der Waals surface area contributed by atoms with Crippen molar-refractivity contribution in [3.63, 3.8) is 0 Å². The van der Waals surface area contributed by atoms with Crippen molar-refractivity contribution in [1.29, 1.82) is 0 Å². The number of fused-ring (bicyclic) bond motifs is 1. The van der Waals surface area contributed by atoms with Gasteiger partial charge in [-0.3, -0.25) is 0 Å². The SMILES string of the molecule is Cc1noc2c(CS(=O)(=O)Cl)cccc12. The van der Waals surface area contributed by atoms with Gasteiger partial charge in [0.2, 0.25) is 9.05 Å². The molecule has 0 atom stereocenters. The van der Waals surface area contributed by atoms with Gasteiger partial charge in [0.1, 0.15) is 0 Å². The highest BCUT2D eigenvalue weighted by molar-refractivity contribution is 8.13. The monoisotopic (exact) mass is 245 g/mol. The first-order valence-electron chi connectivity index (χ1n) is 4.23. The highest BCUT2D eigenvalue weighted by atomic mass is 35.7. The predicted molar refractivity (Wildman–Crippen MR) is 57.2 cm³/mol. The number of aromatic nitrogens is 1. The first kappa shape index (κ1) is 10.4. The highest BCUT2D eigenvalue weighted by Gasteiger charge is 2.14. The van der Waals surface area contributed by atoms with Gasteiger partial charge in [-0.25, -0.2) is 8.42 Å². The Morgan fingerprint density at radius 2 is 2.20 bits per heavy atom. The molecule has 0 aliphatic rings. The Hall–Kier alpha value is -1.07. The summed E-state index contributed by atoms with van der Waals surface area (Å²) < 4.78 is 27.0. The molecule has 0 amide bonds. The van der Waals surface area contributed by atoms with Gasteiger partial charge in [0.15, 0.2) is 5.58 Å². The summed E-state index contributed by atoms with van der Waals surface area (Å²) in [5.74, 6) is -0.249. The molecule has 0 saturated heterocycles. The normalized spacial score (nSPS) is 12.1. The van der Waals surface area contributed by atoms with Crippen molar-refractivity contribution in [3.8, 4) is 0 Å². The Bertz CT molecular complexity index is 603. The lowest BCUT2D eigenvalue weighted by Gasteiger charge is -1.97. The molecule has 80 valence electrons. The van der Waals surface area contributed by atoms with Crippen molar-refractivity contribution in [3.05, 3.63) is 29.5 Å². The van der Waals surface area contributed by atoms with Crippen LogP contribution in [0.5, 0.6) is 0 Å². The van der Waals surface area contributed by atoms with Crippen molar-refractivity contribution < 1.29 is 12.9 Å². The standard InChI is InChI=1S/C9H8ClNO3S/c1-6-8-4-2-3-7(5-15(10,12)13)9(8)14-11-6/h2-4H,5H2,1H3. The largest absolute Gasteiger partial charge is 0.356 e. The zero-order valence-corrected chi connectivity index (χ0v) is 9.47. The molecule has 0 radical (unpaired) electrons. The van der Waals surface area contributed by atoms with Crippen LogP contribution in [0, 0.1) is 6.92 Å². The fourth-order valence-corrected chi connectivity index (χ4v) is 2.39. The molecule has 0 fully saturated rings. The van der Waals surface area contributed by atoms with Gasteiger partial charge in [-0.2, -0.15) is 0 Å². The van der Waals surface area contributed by atoms with E-state index in [1.165, 1.54) is 0 Å². The van der Waals surface area contributed by atoms with Crippen LogP contribution in [0.25, 0.3) is 11.0 Å². The molecule has 15 heavy (non-hydrogen) atoms. The number of hydrogen-bond donors (Lipinski definition) is 0. The number of halogens is 1. The van der Waals surface area contributed by atoms with Crippen molar-refractivity contribution in [2.75, 3.05) is 0 Å². The summed E-state index contributed by atoms with van der Waals surface area (Å²) in [6.45, 7) is 1.80. The van der Waals surface area contributed by atoms with Crippen molar-refractivity contribution in [1.82, 2.24) is 5.16 Å². The van der Waals surface area contributed by atoms with Crippen molar-refractivity contribution >= 4 is 30.7 Å². The molecule has 0 aliphatic heterocycles. The number of nitrogens with zero attached hydrogens (tertiary/aromatic N) is 1. The first-order chi connectivity index (χ1) is 6.97. The van der Waals surface area contributed by atoms with Crippen molar-refractivity contribution in [2.24, 2.45) is 0 Å². The van der Waals surface area contributed by atoms with Crippen LogP contribution in [0.3, 0.4) is 0 Å². The molecule has 0 unspecified atom stereocenters. The van der Waals surface area contributed by atoms with E-state index in [1.807, 2.05) is 6.07 Å². The lowest BCUT2D eigenvalue weighted by atomic mass is 10.1. The van der Waals surface area contributed by atoms with Gasteiger partial charge in [-0.1, -0.05) is 17.3 Å². The van der Waals surface area contributed by atoms with Crippen LogP contribution in [0.15, 0.2) is 22.7 Å². The van der Waals surface area contributed by atoms with E-state index in [2.05, 4.69) is 5.16 Å². The smallest absolute Gasteiger partial charge is 0.236 e. The van der Waals surface area contributed by atoms with Crippen LogP contribution >= 0.6 is 10.7 Å². The fourth-order valence-electron chi connectivity index (χ4n) is 1.44. The highest BCUT2D eigenvalue weighted by Crippen LogP contribution is 2.23. The molecule has 1 aromatic heterocycles. The van der Waals surface area contributed by atoms with E-state index < -0.39 is 9.05 Å². The minimum atomic E-state index is -3.57. The van der Waals surface area contributed by atoms with E-state index in [1.54, 1.807) is 19.1 Å². The van der Waals surface area contributed by atoms with E-state index in [4.69, 9.17) is 15.2 Å². The minimum absolute atomic E-state index is 0.249. The van der Waals surface area contributed by atoms with Gasteiger partial charge in [-0.05, 0) is 13.0 Å². The lowest BCUT2D eigenvalue weighted by molar-refractivity contribution is 0.448. The summed E-state index contributed by atoms with van der Waals surface area (Å²) in [4.78, 5) is 0. The summed E-state index contributed by atoms with van der Waals surface area (Å²) in [6.07, 6.45) is 0. The third-order valence-electron chi connectivity index (χ3n) is 2.09. The summed E-state index contributed by atoms with van der Waals surface area (Å²) in [7, 11) is 1.61. The van der Waals surface area contributed by atoms with E-state index in [0.717, 1.165) is 11.1 Å². The molecule has 0 N–H and O–H groups in total. The average Bonchev–Trinajstić information content (AvgIpc) is 2.47. The molecule has 1 heterocycles. The fraction of sp³-hybridized carbons (Fsp3) is 0.222. The second kappa shape index (κ2) is 3.50. The summed E-state index contributed by atoms with van der Waals surface area (Å²) in [5.41, 5.74) is 1.75. The molecule has 2 aromatic rings. The van der Waals surface area contributed by atoms with Crippen LogP contribution in [0.2, 0.25) is 0 Å². The van der Waals surface area contributed by atoms with Gasteiger partial charge in [0.25, 0.3) is 0 Å². The third kappa shape index (κ3) is 2.13. The maximum Gasteiger partial charge on any atom is 0.236 e. The van der Waals surface area contributed by atoms with Gasteiger partial charge in [0.05, 0.1) is 11.4 Å². The first-order valence-corrected chi connectivity index (χ1v) is 6.71. The Labute approximate surface area is 91.2 Å². The zero-order valence-electron chi connectivity index (χ0n) is 7.90. The topological polar surface area (TPSA) is 60.2 Å². The number of benzene rings is 1. The van der Waals surface area contributed by atoms with Gasteiger partial charge in [-0.15, -0.1) is 0 Å². The van der Waals surface area contributed by atoms with Crippen LogP contribution in [0.1, 0.15) is 11.3 Å². The number of para-hydroxylation sites is 1. The molecule has 0 saturated carbocycles. The second-order valence-corrected chi connectivity index (χ2v) is 6.02. The Kier molecular flexibility index (Phi) is 2.44. The van der Waals surface area contributed by atoms with Crippen LogP contribution < -0.4 is 0 Å². The van der Waals surface area contributed by atoms with Crippen molar-refractivity contribution in [2.45, 2.75) is 12.7 Å². The van der Waals surface area contributed by atoms with Gasteiger partial charge in [0, 0.05) is 21.6 Å². The van der Waals surface area contributed by atoms with Crippen LogP contribution in [-0.2, 0) is 14.8 Å². The Morgan fingerprint density at radius 1 is 1.47 bits per heavy atom. The molecule has 2 rings (SSSR count). The summed E-state index contributed by atoms with van der Waals surface area (Å²) in [5, 5.41) is 4.59. The molecule has 0 spiro atoms. The number of hydrogen-bond acceptors (Lipinski definition) is 4. The molecule has 0 bridgehead atoms. The van der Waals surface area contributed by atoms with E-state index in [-0.39, 0.29) is 5.75 Å².